The third-order valence-corrected chi connectivity index (χ3v) is 4.55. The average Bonchev–Trinajstić information content (AvgIpc) is 2.43. The maximum atomic E-state index is 12.3. The maximum Gasteiger partial charge on any atom is 0.331 e. The average molecular weight is 283 g/mol. The molecule has 0 radical (unpaired) electrons. The summed E-state index contributed by atoms with van der Waals surface area (Å²) in [4.78, 5) is 24.9. The zero-order valence-corrected chi connectivity index (χ0v) is 12.3. The van der Waals surface area contributed by atoms with Crippen molar-refractivity contribution in [2.45, 2.75) is 58.0 Å². The Hall–Kier alpha value is -1.30. The number of piperidine rings is 2. The number of aliphatic carboxylic acids is 1. The van der Waals surface area contributed by atoms with E-state index in [4.69, 9.17) is 5.11 Å². The number of nitrogens with zero attached hydrogens (tertiary/aromatic N) is 2. The molecular formula is C14H25N3O3. The van der Waals surface area contributed by atoms with Gasteiger partial charge in [-0.05, 0) is 39.5 Å². The Labute approximate surface area is 120 Å². The van der Waals surface area contributed by atoms with Gasteiger partial charge >= 0.3 is 12.0 Å². The molecule has 2 fully saturated rings. The molecule has 6 nitrogen and oxygen atoms in total. The predicted molar refractivity (Wildman–Crippen MR) is 75.1 cm³/mol. The van der Waals surface area contributed by atoms with Crippen LogP contribution in [0.15, 0.2) is 0 Å². The van der Waals surface area contributed by atoms with E-state index in [1.54, 1.807) is 4.90 Å². The Morgan fingerprint density at radius 3 is 2.10 bits per heavy atom. The Bertz CT molecular complexity index is 357. The minimum Gasteiger partial charge on any atom is -0.481 e. The van der Waals surface area contributed by atoms with E-state index in [9.17, 15) is 9.59 Å². The van der Waals surface area contributed by atoms with Gasteiger partial charge in [0.2, 0.25) is 0 Å². The van der Waals surface area contributed by atoms with Gasteiger partial charge in [0.05, 0.1) is 5.92 Å². The standard InChI is InChI=1S/C14H25N3O3/c1-10-4-3-5-11(2)17(10)15-14(20)16-8-6-12(7-9-16)13(18)19/h10-12H,3-9H2,1-2H3,(H,15,20)(H,18,19). The number of rotatable bonds is 2. The van der Waals surface area contributed by atoms with Gasteiger partial charge in [0.25, 0.3) is 0 Å². The number of nitrogens with one attached hydrogen (secondary N) is 1. The molecule has 114 valence electrons. The van der Waals surface area contributed by atoms with E-state index in [0.29, 0.717) is 38.0 Å². The van der Waals surface area contributed by atoms with Gasteiger partial charge in [-0.15, -0.1) is 0 Å². The van der Waals surface area contributed by atoms with E-state index >= 15 is 0 Å². The van der Waals surface area contributed by atoms with Crippen molar-refractivity contribution in [1.82, 2.24) is 15.3 Å². The molecule has 2 amide bonds. The molecule has 2 saturated heterocycles. The molecule has 2 atom stereocenters. The highest BCUT2D eigenvalue weighted by Crippen LogP contribution is 2.21. The number of hydrogen-bond acceptors (Lipinski definition) is 3. The molecule has 2 heterocycles. The first kappa shape index (κ1) is 15.1. The van der Waals surface area contributed by atoms with Crippen LogP contribution >= 0.6 is 0 Å². The second-order valence-electron chi connectivity index (χ2n) is 6.05. The summed E-state index contributed by atoms with van der Waals surface area (Å²) in [5.41, 5.74) is 3.01. The van der Waals surface area contributed by atoms with Gasteiger partial charge in [0.1, 0.15) is 0 Å². The summed E-state index contributed by atoms with van der Waals surface area (Å²) < 4.78 is 0. The highest BCUT2D eigenvalue weighted by Gasteiger charge is 2.30. The van der Waals surface area contributed by atoms with Crippen LogP contribution in [0, 0.1) is 5.92 Å². The number of carbonyl (C=O) groups is 2. The Morgan fingerprint density at radius 2 is 1.60 bits per heavy atom. The summed E-state index contributed by atoms with van der Waals surface area (Å²) in [6.45, 7) is 5.32. The fourth-order valence-corrected chi connectivity index (χ4v) is 3.15. The van der Waals surface area contributed by atoms with Crippen LogP contribution in [0.5, 0.6) is 0 Å². The normalized spacial score (nSPS) is 29.2. The lowest BCUT2D eigenvalue weighted by Gasteiger charge is -2.40. The van der Waals surface area contributed by atoms with Crippen molar-refractivity contribution in [2.75, 3.05) is 13.1 Å². The number of likely N-dealkylation sites (tertiary alicyclic amines) is 1. The van der Waals surface area contributed by atoms with Gasteiger partial charge in [-0.25, -0.2) is 9.80 Å². The second kappa shape index (κ2) is 6.43. The SMILES string of the molecule is CC1CCCC(C)N1NC(=O)N1CCC(C(=O)O)CC1. The first-order chi connectivity index (χ1) is 9.49. The fourth-order valence-electron chi connectivity index (χ4n) is 3.15. The van der Waals surface area contributed by atoms with E-state index in [-0.39, 0.29) is 11.9 Å². The molecule has 0 aromatic carbocycles. The lowest BCUT2D eigenvalue weighted by atomic mass is 9.97. The van der Waals surface area contributed by atoms with Crippen molar-refractivity contribution in [3.63, 3.8) is 0 Å². The van der Waals surface area contributed by atoms with Crippen LogP contribution in [0.25, 0.3) is 0 Å². The fraction of sp³-hybridized carbons (Fsp3) is 0.857. The van der Waals surface area contributed by atoms with Crippen LogP contribution in [0.4, 0.5) is 4.79 Å². The number of carboxylic acids is 1. The lowest BCUT2D eigenvalue weighted by molar-refractivity contribution is -0.143. The Morgan fingerprint density at radius 1 is 1.05 bits per heavy atom. The molecule has 20 heavy (non-hydrogen) atoms. The van der Waals surface area contributed by atoms with Gasteiger partial charge in [0, 0.05) is 25.2 Å². The molecule has 0 aliphatic carbocycles. The number of hydrogen-bond donors (Lipinski definition) is 2. The molecule has 2 rings (SSSR count). The molecule has 2 unspecified atom stereocenters. The maximum absolute atomic E-state index is 12.3. The van der Waals surface area contributed by atoms with E-state index in [0.717, 1.165) is 12.8 Å². The molecule has 6 heteroatoms. The van der Waals surface area contributed by atoms with Gasteiger partial charge in [-0.3, -0.25) is 10.2 Å². The van der Waals surface area contributed by atoms with Crippen LogP contribution in [0.1, 0.15) is 46.0 Å². The largest absolute Gasteiger partial charge is 0.481 e. The number of carboxylic acid groups (broad SMARTS) is 1. The van der Waals surface area contributed by atoms with E-state index < -0.39 is 5.97 Å². The van der Waals surface area contributed by atoms with E-state index in [1.807, 2.05) is 0 Å². The molecule has 0 aromatic heterocycles. The minimum absolute atomic E-state index is 0.0885. The monoisotopic (exact) mass is 283 g/mol. The topological polar surface area (TPSA) is 72.9 Å². The van der Waals surface area contributed by atoms with Gasteiger partial charge in [0.15, 0.2) is 0 Å². The quantitative estimate of drug-likeness (QED) is 0.808. The van der Waals surface area contributed by atoms with E-state index in [2.05, 4.69) is 24.3 Å². The summed E-state index contributed by atoms with van der Waals surface area (Å²) in [5.74, 6) is -1.05. The van der Waals surface area contributed by atoms with Crippen molar-refractivity contribution >= 4 is 12.0 Å². The molecule has 2 aliphatic heterocycles. The van der Waals surface area contributed by atoms with Gasteiger partial charge in [-0.1, -0.05) is 6.42 Å². The van der Waals surface area contributed by atoms with Gasteiger partial charge in [-0.2, -0.15) is 0 Å². The number of hydrazine groups is 1. The smallest absolute Gasteiger partial charge is 0.331 e. The first-order valence-electron chi connectivity index (χ1n) is 7.55. The van der Waals surface area contributed by atoms with Crippen LogP contribution < -0.4 is 5.43 Å². The molecule has 2 N–H and O–H groups in total. The van der Waals surface area contributed by atoms with Crippen molar-refractivity contribution in [2.24, 2.45) is 5.92 Å². The van der Waals surface area contributed by atoms with Gasteiger partial charge < -0.3 is 10.0 Å². The van der Waals surface area contributed by atoms with Crippen LogP contribution in [0.2, 0.25) is 0 Å². The van der Waals surface area contributed by atoms with Crippen molar-refractivity contribution in [3.05, 3.63) is 0 Å². The van der Waals surface area contributed by atoms with Crippen LogP contribution in [-0.2, 0) is 4.79 Å². The van der Waals surface area contributed by atoms with E-state index in [1.165, 1.54) is 6.42 Å². The summed E-state index contributed by atoms with van der Waals surface area (Å²) >= 11 is 0. The lowest BCUT2D eigenvalue weighted by Crippen LogP contribution is -2.58. The van der Waals surface area contributed by atoms with Crippen LogP contribution in [-0.4, -0.2) is 52.2 Å². The second-order valence-corrected chi connectivity index (χ2v) is 6.05. The molecule has 0 spiro atoms. The first-order valence-corrected chi connectivity index (χ1v) is 7.55. The Balaban J connectivity index is 1.84. The zero-order chi connectivity index (χ0) is 14.7. The molecule has 0 saturated carbocycles. The third kappa shape index (κ3) is 3.42. The number of amides is 2. The molecule has 0 bridgehead atoms. The number of carbonyl (C=O) groups excluding carboxylic acids is 1. The third-order valence-electron chi connectivity index (χ3n) is 4.55. The number of urea groups is 1. The predicted octanol–water partition coefficient (Wildman–Crippen LogP) is 1.67. The highest BCUT2D eigenvalue weighted by molar-refractivity contribution is 5.75. The zero-order valence-electron chi connectivity index (χ0n) is 12.3. The van der Waals surface area contributed by atoms with Crippen molar-refractivity contribution in [3.8, 4) is 0 Å². The summed E-state index contributed by atoms with van der Waals surface area (Å²) in [7, 11) is 0. The summed E-state index contributed by atoms with van der Waals surface area (Å²) in [6.07, 6.45) is 4.51. The van der Waals surface area contributed by atoms with Crippen LogP contribution in [0.3, 0.4) is 0 Å². The molecule has 0 aromatic rings. The van der Waals surface area contributed by atoms with Crippen molar-refractivity contribution < 1.29 is 14.7 Å². The Kier molecular flexibility index (Phi) is 4.86. The summed E-state index contributed by atoms with van der Waals surface area (Å²) in [6, 6.07) is 0.632. The minimum atomic E-state index is -0.747. The molecular weight excluding hydrogens is 258 g/mol. The highest BCUT2D eigenvalue weighted by atomic mass is 16.4. The molecule has 2 aliphatic rings. The van der Waals surface area contributed by atoms with Crippen molar-refractivity contribution in [1.29, 1.82) is 0 Å². The summed E-state index contributed by atoms with van der Waals surface area (Å²) in [5, 5.41) is 11.0.